The SMILES string of the molecule is O=C(Nc1ccc2oc(-c3ccc(Cl)c(Br)c3)nc2c1)c1ccc(Br)c(F)c1. The quantitative estimate of drug-likeness (QED) is 0.312. The fourth-order valence-corrected chi connectivity index (χ4v) is 3.34. The van der Waals surface area contributed by atoms with Crippen molar-refractivity contribution in [2.45, 2.75) is 0 Å². The van der Waals surface area contributed by atoms with Crippen LogP contribution in [0.4, 0.5) is 10.1 Å². The first-order valence-electron chi connectivity index (χ1n) is 8.03. The van der Waals surface area contributed by atoms with E-state index in [1.165, 1.54) is 18.2 Å². The first kappa shape index (κ1) is 19.1. The fraction of sp³-hybridized carbons (Fsp3) is 0. The highest BCUT2D eigenvalue weighted by Gasteiger charge is 2.13. The van der Waals surface area contributed by atoms with Crippen LogP contribution in [0.25, 0.3) is 22.6 Å². The van der Waals surface area contributed by atoms with Crippen molar-refractivity contribution >= 4 is 66.2 Å². The van der Waals surface area contributed by atoms with Crippen molar-refractivity contribution in [3.8, 4) is 11.5 Å². The van der Waals surface area contributed by atoms with Crippen molar-refractivity contribution in [1.29, 1.82) is 0 Å². The molecule has 1 N–H and O–H groups in total. The molecule has 1 heterocycles. The molecule has 0 aliphatic rings. The number of hydrogen-bond donors (Lipinski definition) is 1. The lowest BCUT2D eigenvalue weighted by atomic mass is 10.2. The molecule has 0 aliphatic carbocycles. The van der Waals surface area contributed by atoms with Crippen LogP contribution in [0.1, 0.15) is 10.4 Å². The zero-order chi connectivity index (χ0) is 19.8. The number of nitrogens with one attached hydrogen (secondary N) is 1. The zero-order valence-corrected chi connectivity index (χ0v) is 17.9. The van der Waals surface area contributed by atoms with Gasteiger partial charge in [-0.3, -0.25) is 4.79 Å². The Kier molecular flexibility index (Phi) is 5.23. The van der Waals surface area contributed by atoms with Crippen LogP contribution in [0.15, 0.2) is 68.0 Å². The number of rotatable bonds is 3. The summed E-state index contributed by atoms with van der Waals surface area (Å²) in [5, 5.41) is 3.33. The van der Waals surface area contributed by atoms with E-state index < -0.39 is 11.7 Å². The Morgan fingerprint density at radius 1 is 1.04 bits per heavy atom. The number of aromatic nitrogens is 1. The topological polar surface area (TPSA) is 55.1 Å². The van der Waals surface area contributed by atoms with Crippen molar-refractivity contribution in [1.82, 2.24) is 4.98 Å². The van der Waals surface area contributed by atoms with Gasteiger partial charge < -0.3 is 9.73 Å². The molecular weight excluding hydrogens is 514 g/mol. The molecule has 3 aromatic carbocycles. The predicted octanol–water partition coefficient (Wildman–Crippen LogP) is 7.06. The summed E-state index contributed by atoms with van der Waals surface area (Å²) in [6.07, 6.45) is 0. The molecule has 0 radical (unpaired) electrons. The number of hydrogen-bond acceptors (Lipinski definition) is 3. The zero-order valence-electron chi connectivity index (χ0n) is 14.0. The van der Waals surface area contributed by atoms with Crippen LogP contribution in [0.5, 0.6) is 0 Å². The number of oxazole rings is 1. The lowest BCUT2D eigenvalue weighted by Crippen LogP contribution is -2.12. The van der Waals surface area contributed by atoms with Gasteiger partial charge in [-0.2, -0.15) is 0 Å². The number of benzene rings is 3. The number of halogens is 4. The van der Waals surface area contributed by atoms with Gasteiger partial charge in [-0.25, -0.2) is 9.37 Å². The van der Waals surface area contributed by atoms with Crippen LogP contribution in [-0.2, 0) is 0 Å². The standard InChI is InChI=1S/C20H10Br2ClFN2O2/c21-13-4-1-10(8-16(13)24)19(27)25-12-3-6-18-17(9-12)26-20(28-18)11-2-5-15(23)14(22)7-11/h1-9H,(H,25,27). The Morgan fingerprint density at radius 2 is 1.86 bits per heavy atom. The first-order chi connectivity index (χ1) is 13.4. The molecule has 0 atom stereocenters. The van der Waals surface area contributed by atoms with Gasteiger partial charge in [0, 0.05) is 21.3 Å². The van der Waals surface area contributed by atoms with Crippen molar-refractivity contribution in [3.05, 3.63) is 79.9 Å². The van der Waals surface area contributed by atoms with Gasteiger partial charge in [-0.1, -0.05) is 11.6 Å². The van der Waals surface area contributed by atoms with E-state index in [9.17, 15) is 9.18 Å². The van der Waals surface area contributed by atoms with E-state index in [-0.39, 0.29) is 5.56 Å². The van der Waals surface area contributed by atoms with Gasteiger partial charge in [0.25, 0.3) is 5.91 Å². The molecule has 28 heavy (non-hydrogen) atoms. The Bertz CT molecular complexity index is 1230. The summed E-state index contributed by atoms with van der Waals surface area (Å²) in [4.78, 5) is 16.8. The normalized spacial score (nSPS) is 11.0. The molecule has 8 heteroatoms. The maximum Gasteiger partial charge on any atom is 0.255 e. The third-order valence-electron chi connectivity index (χ3n) is 3.99. The van der Waals surface area contributed by atoms with Crippen molar-refractivity contribution < 1.29 is 13.6 Å². The third kappa shape index (κ3) is 3.83. The molecule has 0 spiro atoms. The molecule has 0 unspecified atom stereocenters. The van der Waals surface area contributed by atoms with Gasteiger partial charge in [0.05, 0.1) is 9.50 Å². The molecule has 4 nitrogen and oxygen atoms in total. The molecular formula is C20H10Br2ClFN2O2. The second-order valence-corrected chi connectivity index (χ2v) is 8.03. The van der Waals surface area contributed by atoms with Crippen molar-refractivity contribution in [3.63, 3.8) is 0 Å². The highest BCUT2D eigenvalue weighted by Crippen LogP contribution is 2.31. The molecule has 1 aromatic heterocycles. The number of carbonyl (C=O) groups is 1. The van der Waals surface area contributed by atoms with Gasteiger partial charge in [0.2, 0.25) is 5.89 Å². The maximum absolute atomic E-state index is 13.6. The van der Waals surface area contributed by atoms with Gasteiger partial charge in [-0.05, 0) is 86.5 Å². The minimum Gasteiger partial charge on any atom is -0.436 e. The Balaban J connectivity index is 1.61. The Hall–Kier alpha value is -2.22. The monoisotopic (exact) mass is 522 g/mol. The van der Waals surface area contributed by atoms with E-state index in [1.807, 2.05) is 12.1 Å². The molecule has 4 aromatic rings. The average molecular weight is 525 g/mol. The van der Waals surface area contributed by atoms with E-state index in [1.54, 1.807) is 24.3 Å². The average Bonchev–Trinajstić information content (AvgIpc) is 3.09. The summed E-state index contributed by atoms with van der Waals surface area (Å²) in [5.74, 6) is -0.486. The van der Waals surface area contributed by atoms with E-state index in [0.29, 0.717) is 32.2 Å². The number of anilines is 1. The third-order valence-corrected chi connectivity index (χ3v) is 5.85. The molecule has 140 valence electrons. The number of nitrogens with zero attached hydrogens (tertiary/aromatic N) is 1. The van der Waals surface area contributed by atoms with Gasteiger partial charge in [0.1, 0.15) is 11.3 Å². The first-order valence-corrected chi connectivity index (χ1v) is 9.99. The molecule has 1 amide bonds. The van der Waals surface area contributed by atoms with E-state index >= 15 is 0 Å². The molecule has 0 bridgehead atoms. The van der Waals surface area contributed by atoms with Gasteiger partial charge in [0.15, 0.2) is 5.58 Å². The van der Waals surface area contributed by atoms with E-state index in [0.717, 1.165) is 10.0 Å². The molecule has 0 saturated carbocycles. The summed E-state index contributed by atoms with van der Waals surface area (Å²) in [6.45, 7) is 0. The molecule has 0 aliphatic heterocycles. The minimum absolute atomic E-state index is 0.215. The number of carbonyl (C=O) groups excluding carboxylic acids is 1. The van der Waals surface area contributed by atoms with Crippen LogP contribution < -0.4 is 5.32 Å². The Labute approximate surface area is 181 Å². The van der Waals surface area contributed by atoms with Gasteiger partial charge in [-0.15, -0.1) is 0 Å². The smallest absolute Gasteiger partial charge is 0.255 e. The predicted molar refractivity (Wildman–Crippen MR) is 114 cm³/mol. The lowest BCUT2D eigenvalue weighted by Gasteiger charge is -2.05. The number of fused-ring (bicyclic) bond motifs is 1. The van der Waals surface area contributed by atoms with E-state index in [4.69, 9.17) is 16.0 Å². The van der Waals surface area contributed by atoms with Crippen LogP contribution in [0.2, 0.25) is 5.02 Å². The van der Waals surface area contributed by atoms with Crippen LogP contribution in [0.3, 0.4) is 0 Å². The fourth-order valence-electron chi connectivity index (χ4n) is 2.60. The second kappa shape index (κ2) is 7.66. The summed E-state index contributed by atoms with van der Waals surface area (Å²) >= 11 is 12.5. The highest BCUT2D eigenvalue weighted by molar-refractivity contribution is 9.10. The molecule has 4 rings (SSSR count). The summed E-state index contributed by atoms with van der Waals surface area (Å²) < 4.78 is 20.5. The summed E-state index contributed by atoms with van der Waals surface area (Å²) in [5.41, 5.74) is 2.67. The summed E-state index contributed by atoms with van der Waals surface area (Å²) in [6, 6.07) is 14.7. The number of amides is 1. The summed E-state index contributed by atoms with van der Waals surface area (Å²) in [7, 11) is 0. The second-order valence-electron chi connectivity index (χ2n) is 5.91. The van der Waals surface area contributed by atoms with Gasteiger partial charge >= 0.3 is 0 Å². The van der Waals surface area contributed by atoms with E-state index in [2.05, 4.69) is 42.2 Å². The lowest BCUT2D eigenvalue weighted by molar-refractivity contribution is 0.102. The largest absolute Gasteiger partial charge is 0.436 e. The molecule has 0 fully saturated rings. The van der Waals surface area contributed by atoms with Crippen LogP contribution in [-0.4, -0.2) is 10.9 Å². The van der Waals surface area contributed by atoms with Crippen LogP contribution in [0, 0.1) is 5.82 Å². The van der Waals surface area contributed by atoms with Crippen molar-refractivity contribution in [2.75, 3.05) is 5.32 Å². The highest BCUT2D eigenvalue weighted by atomic mass is 79.9. The molecule has 0 saturated heterocycles. The maximum atomic E-state index is 13.6. The Morgan fingerprint density at radius 3 is 2.61 bits per heavy atom. The van der Waals surface area contributed by atoms with Crippen LogP contribution >= 0.6 is 43.5 Å². The van der Waals surface area contributed by atoms with Crippen molar-refractivity contribution in [2.24, 2.45) is 0 Å². The minimum atomic E-state index is -0.502.